The molecule has 134 valence electrons. The molecule has 0 saturated carbocycles. The summed E-state index contributed by atoms with van der Waals surface area (Å²) < 4.78 is 21.1. The number of hydrogen-bond donors (Lipinski definition) is 1. The van der Waals surface area contributed by atoms with Crippen molar-refractivity contribution in [2.24, 2.45) is 10.7 Å². The van der Waals surface area contributed by atoms with E-state index in [0.29, 0.717) is 33.7 Å². The number of ether oxygens (including phenoxy) is 1. The maximum absolute atomic E-state index is 14.3. The van der Waals surface area contributed by atoms with E-state index < -0.39 is 5.54 Å². The van der Waals surface area contributed by atoms with Crippen LogP contribution in [0.4, 0.5) is 4.39 Å². The number of rotatable bonds is 1. The lowest BCUT2D eigenvalue weighted by Crippen LogP contribution is -2.30. The van der Waals surface area contributed by atoms with Crippen molar-refractivity contribution in [3.8, 4) is 22.8 Å². The maximum atomic E-state index is 14.3. The highest BCUT2D eigenvalue weighted by molar-refractivity contribution is 9.10. The number of pyridine rings is 2. The van der Waals surface area contributed by atoms with Crippen LogP contribution in [-0.4, -0.2) is 20.9 Å². The molecule has 0 unspecified atom stereocenters. The van der Waals surface area contributed by atoms with Gasteiger partial charge in [-0.2, -0.15) is 0 Å². The van der Waals surface area contributed by atoms with Gasteiger partial charge >= 0.3 is 0 Å². The van der Waals surface area contributed by atoms with E-state index in [1.54, 1.807) is 6.20 Å². The van der Waals surface area contributed by atoms with E-state index in [9.17, 15) is 4.39 Å². The predicted octanol–water partition coefficient (Wildman–Crippen LogP) is 4.46. The molecule has 8 heteroatoms. The molecule has 27 heavy (non-hydrogen) atoms. The van der Waals surface area contributed by atoms with Crippen molar-refractivity contribution < 1.29 is 9.13 Å². The molecule has 0 amide bonds. The summed E-state index contributed by atoms with van der Waals surface area (Å²) in [5.41, 5.74) is 8.12. The summed E-state index contributed by atoms with van der Waals surface area (Å²) in [6.45, 7) is 0. The molecule has 1 spiro atoms. The third kappa shape index (κ3) is 2.55. The molecule has 0 saturated heterocycles. The van der Waals surface area contributed by atoms with Crippen LogP contribution < -0.4 is 10.5 Å². The van der Waals surface area contributed by atoms with Crippen molar-refractivity contribution in [3.05, 3.63) is 70.3 Å². The lowest BCUT2D eigenvalue weighted by molar-refractivity contribution is 0.399. The van der Waals surface area contributed by atoms with Gasteiger partial charge in [0.2, 0.25) is 5.88 Å². The standard InChI is InChI=1S/C19H12BrFN4OS/c20-11-6-14-17(24-7-11)26-16-2-1-10(12-8-23-4-3-15(12)21)5-13(16)19(14)9-27-18(22)25-19/h1-8H,9H2,(H2,22,25)/t19-/m0/s1. The highest BCUT2D eigenvalue weighted by Gasteiger charge is 2.46. The number of halogens is 2. The number of nitrogens with zero attached hydrogens (tertiary/aromatic N) is 3. The summed E-state index contributed by atoms with van der Waals surface area (Å²) in [5.74, 6) is 1.44. The van der Waals surface area contributed by atoms with Gasteiger partial charge in [0.15, 0.2) is 5.17 Å². The highest BCUT2D eigenvalue weighted by atomic mass is 79.9. The summed E-state index contributed by atoms with van der Waals surface area (Å²) in [6, 6.07) is 8.83. The molecule has 5 rings (SSSR count). The quantitative estimate of drug-likeness (QED) is 0.602. The number of benzene rings is 1. The Kier molecular flexibility index (Phi) is 3.73. The fraction of sp³-hybridized carbons (Fsp3) is 0.105. The summed E-state index contributed by atoms with van der Waals surface area (Å²) >= 11 is 4.96. The first-order chi connectivity index (χ1) is 13.1. The van der Waals surface area contributed by atoms with Crippen molar-refractivity contribution in [2.45, 2.75) is 5.54 Å². The van der Waals surface area contributed by atoms with Crippen LogP contribution in [0.1, 0.15) is 11.1 Å². The fourth-order valence-corrected chi connectivity index (χ4v) is 4.74. The molecule has 4 heterocycles. The zero-order valence-corrected chi connectivity index (χ0v) is 16.2. The second-order valence-electron chi connectivity index (χ2n) is 6.27. The topological polar surface area (TPSA) is 73.4 Å². The minimum atomic E-state index is -0.719. The molecule has 3 aromatic rings. The highest BCUT2D eigenvalue weighted by Crippen LogP contribution is 2.53. The molecule has 0 radical (unpaired) electrons. The van der Waals surface area contributed by atoms with E-state index in [2.05, 4.69) is 25.9 Å². The van der Waals surface area contributed by atoms with Crippen molar-refractivity contribution in [3.63, 3.8) is 0 Å². The molecule has 2 aliphatic rings. The van der Waals surface area contributed by atoms with Crippen molar-refractivity contribution in [2.75, 3.05) is 5.75 Å². The summed E-state index contributed by atoms with van der Waals surface area (Å²) in [5, 5.41) is 0.506. The van der Waals surface area contributed by atoms with Crippen LogP contribution in [0.5, 0.6) is 11.6 Å². The molecule has 0 bridgehead atoms. The molecule has 5 nitrogen and oxygen atoms in total. The predicted molar refractivity (Wildman–Crippen MR) is 107 cm³/mol. The first-order valence-corrected chi connectivity index (χ1v) is 9.91. The third-order valence-electron chi connectivity index (χ3n) is 4.70. The van der Waals surface area contributed by atoms with Crippen LogP contribution in [0.15, 0.2) is 58.4 Å². The van der Waals surface area contributed by atoms with E-state index in [4.69, 9.17) is 15.5 Å². The van der Waals surface area contributed by atoms with E-state index in [1.807, 2.05) is 24.3 Å². The van der Waals surface area contributed by atoms with Crippen LogP contribution in [0, 0.1) is 5.82 Å². The average Bonchev–Trinajstić information content (AvgIpc) is 3.06. The van der Waals surface area contributed by atoms with E-state index in [1.165, 1.54) is 30.2 Å². The normalized spacial score (nSPS) is 20.0. The van der Waals surface area contributed by atoms with Gasteiger partial charge in [0, 0.05) is 45.5 Å². The summed E-state index contributed by atoms with van der Waals surface area (Å²) in [7, 11) is 0. The molecule has 2 aromatic heterocycles. The molecule has 0 fully saturated rings. The molecule has 2 N–H and O–H groups in total. The Morgan fingerprint density at radius 2 is 2.07 bits per heavy atom. The number of thioether (sulfide) groups is 1. The molecule has 0 aliphatic carbocycles. The van der Waals surface area contributed by atoms with Gasteiger partial charge in [-0.15, -0.1) is 0 Å². The Bertz CT molecular complexity index is 1120. The first-order valence-electron chi connectivity index (χ1n) is 8.13. The monoisotopic (exact) mass is 442 g/mol. The van der Waals surface area contributed by atoms with Crippen LogP contribution in [-0.2, 0) is 5.54 Å². The van der Waals surface area contributed by atoms with Gasteiger partial charge in [0.25, 0.3) is 0 Å². The Morgan fingerprint density at radius 3 is 2.85 bits per heavy atom. The van der Waals surface area contributed by atoms with E-state index in [0.717, 1.165) is 15.6 Å². The second-order valence-corrected chi connectivity index (χ2v) is 8.19. The number of aliphatic imine (C=N–C) groups is 1. The maximum Gasteiger partial charge on any atom is 0.225 e. The van der Waals surface area contributed by atoms with Gasteiger partial charge < -0.3 is 10.5 Å². The van der Waals surface area contributed by atoms with Gasteiger partial charge in [-0.05, 0) is 45.8 Å². The molecule has 2 aliphatic heterocycles. The Morgan fingerprint density at radius 1 is 1.19 bits per heavy atom. The number of hydrogen-bond acceptors (Lipinski definition) is 6. The number of amidine groups is 1. The second kappa shape index (κ2) is 6.03. The minimum absolute atomic E-state index is 0.329. The Hall–Kier alpha value is -2.45. The van der Waals surface area contributed by atoms with E-state index >= 15 is 0 Å². The van der Waals surface area contributed by atoms with Crippen LogP contribution in [0.3, 0.4) is 0 Å². The molecule has 1 atom stereocenters. The van der Waals surface area contributed by atoms with Crippen LogP contribution in [0.2, 0.25) is 0 Å². The van der Waals surface area contributed by atoms with Crippen molar-refractivity contribution in [1.29, 1.82) is 0 Å². The Balaban J connectivity index is 1.76. The minimum Gasteiger partial charge on any atom is -0.438 e. The average molecular weight is 443 g/mol. The first kappa shape index (κ1) is 16.7. The number of nitrogens with two attached hydrogens (primary N) is 1. The van der Waals surface area contributed by atoms with Gasteiger partial charge in [-0.25, -0.2) is 14.4 Å². The largest absolute Gasteiger partial charge is 0.438 e. The van der Waals surface area contributed by atoms with Crippen molar-refractivity contribution in [1.82, 2.24) is 9.97 Å². The summed E-state index contributed by atoms with van der Waals surface area (Å²) in [6.07, 6.45) is 4.63. The molecule has 1 aromatic carbocycles. The number of fused-ring (bicyclic) bond motifs is 4. The summed E-state index contributed by atoms with van der Waals surface area (Å²) in [4.78, 5) is 13.2. The molecular formula is C19H12BrFN4OS. The SMILES string of the molecule is NC1=N[C@@]2(CS1)c1cc(-c3cnccc3F)ccc1Oc1ncc(Br)cc12. The number of aromatic nitrogens is 2. The fourth-order valence-electron chi connectivity index (χ4n) is 3.46. The van der Waals surface area contributed by atoms with Crippen molar-refractivity contribution >= 4 is 32.9 Å². The van der Waals surface area contributed by atoms with Crippen LogP contribution in [0.25, 0.3) is 11.1 Å². The lowest BCUT2D eigenvalue weighted by atomic mass is 9.82. The van der Waals surface area contributed by atoms with Gasteiger partial charge in [-0.3, -0.25) is 4.98 Å². The Labute approximate surface area is 167 Å². The zero-order chi connectivity index (χ0) is 18.6. The van der Waals surface area contributed by atoms with Crippen LogP contribution >= 0.6 is 27.7 Å². The zero-order valence-electron chi connectivity index (χ0n) is 13.8. The van der Waals surface area contributed by atoms with Gasteiger partial charge in [0.05, 0.1) is 0 Å². The van der Waals surface area contributed by atoms with E-state index in [-0.39, 0.29) is 5.82 Å². The van der Waals surface area contributed by atoms with Gasteiger partial charge in [-0.1, -0.05) is 17.8 Å². The third-order valence-corrected chi connectivity index (χ3v) is 6.09. The lowest BCUT2D eigenvalue weighted by Gasteiger charge is -2.34. The smallest absolute Gasteiger partial charge is 0.225 e. The van der Waals surface area contributed by atoms with Gasteiger partial charge in [0.1, 0.15) is 17.1 Å². The molecular weight excluding hydrogens is 431 g/mol.